The zero-order valence-corrected chi connectivity index (χ0v) is 12.1. The fourth-order valence-corrected chi connectivity index (χ4v) is 2.31. The number of benzene rings is 2. The fraction of sp³-hybridized carbons (Fsp3) is 0.278. The lowest BCUT2D eigenvalue weighted by Gasteiger charge is -2.11. The maximum atomic E-state index is 12.0. The highest BCUT2D eigenvalue weighted by Crippen LogP contribution is 2.19. The third-order valence-electron chi connectivity index (χ3n) is 3.46. The Kier molecular flexibility index (Phi) is 4.94. The Morgan fingerprint density at radius 2 is 1.60 bits per heavy atom. The number of hydrogen-bond acceptors (Lipinski definition) is 1. The second-order valence-electron chi connectivity index (χ2n) is 5.15. The minimum absolute atomic E-state index is 0.0957. The van der Waals surface area contributed by atoms with Crippen LogP contribution < -0.4 is 5.32 Å². The van der Waals surface area contributed by atoms with Gasteiger partial charge in [0.25, 0.3) is 0 Å². The van der Waals surface area contributed by atoms with E-state index < -0.39 is 0 Å². The summed E-state index contributed by atoms with van der Waals surface area (Å²) in [5, 5.41) is 3.03. The van der Waals surface area contributed by atoms with Crippen molar-refractivity contribution >= 4 is 11.6 Å². The third kappa shape index (κ3) is 3.95. The first-order chi connectivity index (χ1) is 9.66. The topological polar surface area (TPSA) is 29.1 Å². The quantitative estimate of drug-likeness (QED) is 0.861. The highest BCUT2D eigenvalue weighted by Gasteiger charge is 2.06. The summed E-state index contributed by atoms with van der Waals surface area (Å²) >= 11 is 0. The molecule has 0 radical (unpaired) electrons. The average molecular weight is 267 g/mol. The van der Waals surface area contributed by atoms with Gasteiger partial charge in [-0.25, -0.2) is 0 Å². The number of aryl methyl sites for hydroxylation is 3. The van der Waals surface area contributed by atoms with Crippen LogP contribution in [-0.4, -0.2) is 5.91 Å². The highest BCUT2D eigenvalue weighted by atomic mass is 16.1. The first-order valence-electron chi connectivity index (χ1n) is 7.07. The van der Waals surface area contributed by atoms with Crippen LogP contribution in [0.25, 0.3) is 0 Å². The molecule has 0 fully saturated rings. The molecule has 0 unspecified atom stereocenters. The summed E-state index contributed by atoms with van der Waals surface area (Å²) < 4.78 is 0. The van der Waals surface area contributed by atoms with Crippen LogP contribution in [-0.2, 0) is 11.2 Å². The van der Waals surface area contributed by atoms with Crippen LogP contribution in [0.1, 0.15) is 29.5 Å². The number of para-hydroxylation sites is 1. The second-order valence-corrected chi connectivity index (χ2v) is 5.15. The van der Waals surface area contributed by atoms with Gasteiger partial charge in [-0.15, -0.1) is 0 Å². The number of amides is 1. The minimum atomic E-state index is 0.0957. The predicted molar refractivity (Wildman–Crippen MR) is 83.9 cm³/mol. The van der Waals surface area contributed by atoms with Crippen molar-refractivity contribution < 1.29 is 4.79 Å². The summed E-state index contributed by atoms with van der Waals surface area (Å²) in [5.74, 6) is 0.0957. The van der Waals surface area contributed by atoms with Crippen LogP contribution in [0.15, 0.2) is 48.5 Å². The monoisotopic (exact) mass is 267 g/mol. The molecule has 2 aromatic carbocycles. The average Bonchev–Trinajstić information content (AvgIpc) is 2.44. The summed E-state index contributed by atoms with van der Waals surface area (Å²) in [4.78, 5) is 12.0. The minimum Gasteiger partial charge on any atom is -0.326 e. The summed E-state index contributed by atoms with van der Waals surface area (Å²) in [6.45, 7) is 4.04. The van der Waals surface area contributed by atoms with Gasteiger partial charge in [-0.2, -0.15) is 0 Å². The van der Waals surface area contributed by atoms with E-state index in [-0.39, 0.29) is 5.91 Å². The molecule has 0 aliphatic rings. The lowest BCUT2D eigenvalue weighted by Crippen LogP contribution is -2.13. The van der Waals surface area contributed by atoms with Crippen molar-refractivity contribution in [3.05, 3.63) is 65.2 Å². The number of hydrogen-bond donors (Lipinski definition) is 1. The summed E-state index contributed by atoms with van der Waals surface area (Å²) in [6, 6.07) is 16.3. The maximum absolute atomic E-state index is 12.0. The largest absolute Gasteiger partial charge is 0.326 e. The molecule has 0 aliphatic carbocycles. The van der Waals surface area contributed by atoms with E-state index >= 15 is 0 Å². The van der Waals surface area contributed by atoms with Crippen LogP contribution in [0.4, 0.5) is 5.69 Å². The molecule has 20 heavy (non-hydrogen) atoms. The molecule has 104 valence electrons. The van der Waals surface area contributed by atoms with Gasteiger partial charge >= 0.3 is 0 Å². The normalized spacial score (nSPS) is 10.3. The van der Waals surface area contributed by atoms with E-state index in [0.29, 0.717) is 6.42 Å². The van der Waals surface area contributed by atoms with Gasteiger partial charge in [0.2, 0.25) is 5.91 Å². The molecule has 2 rings (SSSR count). The lowest BCUT2D eigenvalue weighted by atomic mass is 10.1. The van der Waals surface area contributed by atoms with Gasteiger partial charge < -0.3 is 5.32 Å². The Morgan fingerprint density at radius 1 is 0.950 bits per heavy atom. The maximum Gasteiger partial charge on any atom is 0.224 e. The van der Waals surface area contributed by atoms with E-state index in [9.17, 15) is 4.79 Å². The van der Waals surface area contributed by atoms with Crippen molar-refractivity contribution in [3.8, 4) is 0 Å². The van der Waals surface area contributed by atoms with Crippen molar-refractivity contribution in [1.82, 2.24) is 0 Å². The second kappa shape index (κ2) is 6.90. The van der Waals surface area contributed by atoms with E-state index in [1.165, 1.54) is 5.56 Å². The van der Waals surface area contributed by atoms with Crippen LogP contribution >= 0.6 is 0 Å². The Labute approximate surface area is 120 Å². The van der Waals surface area contributed by atoms with Crippen molar-refractivity contribution in [2.45, 2.75) is 33.1 Å². The highest BCUT2D eigenvalue weighted by molar-refractivity contribution is 5.92. The Bertz CT molecular complexity index is 555. The van der Waals surface area contributed by atoms with Gasteiger partial charge in [0.05, 0.1) is 0 Å². The number of carbonyl (C=O) groups is 1. The van der Waals surface area contributed by atoms with E-state index in [2.05, 4.69) is 17.4 Å². The van der Waals surface area contributed by atoms with E-state index in [1.54, 1.807) is 0 Å². The number of anilines is 1. The SMILES string of the molecule is Cc1cccc(C)c1NC(=O)CCCc1ccccc1. The zero-order chi connectivity index (χ0) is 14.4. The molecule has 2 heteroatoms. The van der Waals surface area contributed by atoms with Gasteiger partial charge in [0.15, 0.2) is 0 Å². The summed E-state index contributed by atoms with van der Waals surface area (Å²) in [6.07, 6.45) is 2.38. The summed E-state index contributed by atoms with van der Waals surface area (Å²) in [7, 11) is 0. The van der Waals surface area contributed by atoms with Crippen molar-refractivity contribution in [2.24, 2.45) is 0 Å². The van der Waals surface area contributed by atoms with Gasteiger partial charge in [-0.1, -0.05) is 48.5 Å². The Hall–Kier alpha value is -2.09. The number of rotatable bonds is 5. The lowest BCUT2D eigenvalue weighted by molar-refractivity contribution is -0.116. The first-order valence-corrected chi connectivity index (χ1v) is 7.07. The molecule has 1 amide bonds. The zero-order valence-electron chi connectivity index (χ0n) is 12.1. The van der Waals surface area contributed by atoms with Crippen molar-refractivity contribution in [1.29, 1.82) is 0 Å². The molecule has 0 aliphatic heterocycles. The molecule has 0 bridgehead atoms. The predicted octanol–water partition coefficient (Wildman–Crippen LogP) is 4.26. The van der Waals surface area contributed by atoms with Gasteiger partial charge in [-0.3, -0.25) is 4.79 Å². The molecule has 0 spiro atoms. The Balaban J connectivity index is 1.84. The summed E-state index contributed by atoms with van der Waals surface area (Å²) in [5.41, 5.74) is 4.47. The molecule has 0 saturated heterocycles. The Morgan fingerprint density at radius 3 is 2.25 bits per heavy atom. The van der Waals surface area contributed by atoms with E-state index in [0.717, 1.165) is 29.7 Å². The molecule has 2 aromatic rings. The van der Waals surface area contributed by atoms with Crippen molar-refractivity contribution in [3.63, 3.8) is 0 Å². The molecule has 0 saturated carbocycles. The molecule has 2 nitrogen and oxygen atoms in total. The molecule has 1 N–H and O–H groups in total. The van der Waals surface area contributed by atoms with Gasteiger partial charge in [-0.05, 0) is 43.4 Å². The van der Waals surface area contributed by atoms with Crippen LogP contribution in [0.3, 0.4) is 0 Å². The smallest absolute Gasteiger partial charge is 0.224 e. The molecular formula is C18H21NO. The molecule has 0 heterocycles. The molecule has 0 aromatic heterocycles. The van der Waals surface area contributed by atoms with Crippen molar-refractivity contribution in [2.75, 3.05) is 5.32 Å². The molecular weight excluding hydrogens is 246 g/mol. The van der Waals surface area contributed by atoms with E-state index in [4.69, 9.17) is 0 Å². The third-order valence-corrected chi connectivity index (χ3v) is 3.46. The van der Waals surface area contributed by atoms with Crippen LogP contribution in [0.2, 0.25) is 0 Å². The van der Waals surface area contributed by atoms with E-state index in [1.807, 2.05) is 50.2 Å². The van der Waals surface area contributed by atoms with Gasteiger partial charge in [0.1, 0.15) is 0 Å². The number of carbonyl (C=O) groups excluding carboxylic acids is 1. The van der Waals surface area contributed by atoms with Gasteiger partial charge in [0, 0.05) is 12.1 Å². The first kappa shape index (κ1) is 14.3. The van der Waals surface area contributed by atoms with Crippen LogP contribution in [0, 0.1) is 13.8 Å². The van der Waals surface area contributed by atoms with Crippen LogP contribution in [0.5, 0.6) is 0 Å². The molecule has 0 atom stereocenters. The fourth-order valence-electron chi connectivity index (χ4n) is 2.31. The standard InChI is InChI=1S/C18H21NO/c1-14-8-6-9-15(2)18(14)19-17(20)13-7-12-16-10-4-3-5-11-16/h3-6,8-11H,7,12-13H2,1-2H3,(H,19,20). The number of nitrogens with one attached hydrogen (secondary N) is 1.